The van der Waals surface area contributed by atoms with Gasteiger partial charge in [-0.15, -0.1) is 21.5 Å². The highest BCUT2D eigenvalue weighted by Crippen LogP contribution is 2.26. The van der Waals surface area contributed by atoms with E-state index in [4.69, 9.17) is 0 Å². The Labute approximate surface area is 185 Å². The number of amides is 1. The molecule has 0 bridgehead atoms. The van der Waals surface area contributed by atoms with E-state index in [0.717, 1.165) is 11.3 Å². The second-order valence-electron chi connectivity index (χ2n) is 6.41. The van der Waals surface area contributed by atoms with Crippen LogP contribution >= 0.6 is 23.1 Å². The van der Waals surface area contributed by atoms with Crippen LogP contribution in [0.25, 0.3) is 22.6 Å². The Bertz CT molecular complexity index is 1220. The van der Waals surface area contributed by atoms with E-state index in [-0.39, 0.29) is 17.3 Å². The number of nitro benzene ring substituents is 1. The van der Waals surface area contributed by atoms with E-state index in [1.165, 1.54) is 35.2 Å². The summed E-state index contributed by atoms with van der Waals surface area (Å²) in [6.45, 7) is 0. The summed E-state index contributed by atoms with van der Waals surface area (Å²) in [4.78, 5) is 27.1. The zero-order valence-electron chi connectivity index (χ0n) is 16.3. The van der Waals surface area contributed by atoms with Crippen LogP contribution in [0.2, 0.25) is 0 Å². The van der Waals surface area contributed by atoms with Crippen molar-refractivity contribution >= 4 is 39.8 Å². The maximum Gasteiger partial charge on any atom is 0.269 e. The zero-order chi connectivity index (χ0) is 21.8. The van der Waals surface area contributed by atoms with Gasteiger partial charge >= 0.3 is 0 Å². The molecule has 0 atom stereocenters. The standard InChI is InChI=1S/C20H16N6O3S2/c1-25-18(14-7-9-15(10-8-14)26(28)29)23-24-20(25)31-12-17(27)22-19-21-16(11-30-19)13-5-3-2-4-6-13/h2-11H,12H2,1H3,(H,21,22,27). The zero-order valence-corrected chi connectivity index (χ0v) is 17.9. The van der Waals surface area contributed by atoms with Gasteiger partial charge in [-0.05, 0) is 12.1 Å². The van der Waals surface area contributed by atoms with Gasteiger partial charge in [0.1, 0.15) is 0 Å². The van der Waals surface area contributed by atoms with Crippen molar-refractivity contribution in [2.75, 3.05) is 11.1 Å². The van der Waals surface area contributed by atoms with E-state index in [9.17, 15) is 14.9 Å². The molecular formula is C20H16N6O3S2. The van der Waals surface area contributed by atoms with Gasteiger partial charge in [0.15, 0.2) is 16.1 Å². The highest BCUT2D eigenvalue weighted by Gasteiger charge is 2.15. The molecule has 0 spiro atoms. The predicted octanol–water partition coefficient (Wildman–Crippen LogP) is 4.24. The van der Waals surface area contributed by atoms with Crippen LogP contribution in [0, 0.1) is 10.1 Å². The lowest BCUT2D eigenvalue weighted by molar-refractivity contribution is -0.384. The summed E-state index contributed by atoms with van der Waals surface area (Å²) in [5, 5.41) is 24.9. The third-order valence-electron chi connectivity index (χ3n) is 4.32. The van der Waals surface area contributed by atoms with Crippen molar-refractivity contribution in [1.82, 2.24) is 19.7 Å². The maximum absolute atomic E-state index is 12.3. The molecule has 156 valence electrons. The van der Waals surface area contributed by atoms with Crippen molar-refractivity contribution in [3.05, 3.63) is 70.1 Å². The minimum absolute atomic E-state index is 0.00907. The molecule has 2 heterocycles. The van der Waals surface area contributed by atoms with Gasteiger partial charge in [-0.25, -0.2) is 4.98 Å². The number of hydrogen-bond donors (Lipinski definition) is 1. The summed E-state index contributed by atoms with van der Waals surface area (Å²) in [6, 6.07) is 15.8. The molecule has 11 heteroatoms. The molecule has 1 N–H and O–H groups in total. The van der Waals surface area contributed by atoms with Crippen molar-refractivity contribution in [2.45, 2.75) is 5.16 Å². The first-order valence-corrected chi connectivity index (χ1v) is 11.0. The van der Waals surface area contributed by atoms with Gasteiger partial charge in [-0.2, -0.15) is 0 Å². The van der Waals surface area contributed by atoms with Crippen LogP contribution in [0.4, 0.5) is 10.8 Å². The number of non-ortho nitro benzene ring substituents is 1. The summed E-state index contributed by atoms with van der Waals surface area (Å²) in [6.07, 6.45) is 0. The number of rotatable bonds is 7. The molecule has 0 unspecified atom stereocenters. The highest BCUT2D eigenvalue weighted by atomic mass is 32.2. The molecule has 4 aromatic rings. The Kier molecular flexibility index (Phi) is 6.05. The number of anilines is 1. The molecule has 4 rings (SSSR count). The SMILES string of the molecule is Cn1c(SCC(=O)Nc2nc(-c3ccccc3)cs2)nnc1-c1ccc([N+](=O)[O-])cc1. The van der Waals surface area contributed by atoms with E-state index in [0.29, 0.717) is 21.7 Å². The summed E-state index contributed by atoms with van der Waals surface area (Å²) in [5.74, 6) is 0.510. The molecular weight excluding hydrogens is 436 g/mol. The molecule has 2 aromatic heterocycles. The minimum Gasteiger partial charge on any atom is -0.305 e. The molecule has 31 heavy (non-hydrogen) atoms. The van der Waals surface area contributed by atoms with Gasteiger partial charge in [0.25, 0.3) is 5.69 Å². The fourth-order valence-corrected chi connectivity index (χ4v) is 4.23. The van der Waals surface area contributed by atoms with Gasteiger partial charge < -0.3 is 9.88 Å². The lowest BCUT2D eigenvalue weighted by Gasteiger charge is -2.04. The van der Waals surface area contributed by atoms with Crippen molar-refractivity contribution in [3.8, 4) is 22.6 Å². The van der Waals surface area contributed by atoms with E-state index >= 15 is 0 Å². The second-order valence-corrected chi connectivity index (χ2v) is 8.21. The van der Waals surface area contributed by atoms with Gasteiger partial charge in [0.05, 0.1) is 16.4 Å². The maximum atomic E-state index is 12.3. The van der Waals surface area contributed by atoms with E-state index in [2.05, 4.69) is 20.5 Å². The van der Waals surface area contributed by atoms with Gasteiger partial charge in [0, 0.05) is 35.7 Å². The molecule has 0 aliphatic rings. The van der Waals surface area contributed by atoms with Crippen LogP contribution in [0.15, 0.2) is 65.1 Å². The topological polar surface area (TPSA) is 116 Å². The van der Waals surface area contributed by atoms with E-state index in [1.807, 2.05) is 35.7 Å². The first-order chi connectivity index (χ1) is 15.0. The van der Waals surface area contributed by atoms with Crippen LogP contribution in [-0.2, 0) is 11.8 Å². The van der Waals surface area contributed by atoms with Crippen molar-refractivity contribution in [1.29, 1.82) is 0 Å². The number of carbonyl (C=O) groups is 1. The molecule has 0 aliphatic heterocycles. The predicted molar refractivity (Wildman–Crippen MR) is 120 cm³/mol. The van der Waals surface area contributed by atoms with E-state index in [1.54, 1.807) is 23.7 Å². The lowest BCUT2D eigenvalue weighted by Crippen LogP contribution is -2.14. The first kappa shape index (κ1) is 20.7. The van der Waals surface area contributed by atoms with E-state index < -0.39 is 4.92 Å². The molecule has 0 aliphatic carbocycles. The number of aromatic nitrogens is 4. The Morgan fingerprint density at radius 1 is 1.13 bits per heavy atom. The van der Waals surface area contributed by atoms with Crippen LogP contribution in [0.5, 0.6) is 0 Å². The van der Waals surface area contributed by atoms with Crippen molar-refractivity contribution in [3.63, 3.8) is 0 Å². The second kappa shape index (κ2) is 9.06. The Hall–Kier alpha value is -3.57. The van der Waals surface area contributed by atoms with Crippen LogP contribution in [-0.4, -0.2) is 36.3 Å². The normalized spacial score (nSPS) is 10.7. The number of thioether (sulfide) groups is 1. The van der Waals surface area contributed by atoms with Gasteiger partial charge in [-0.3, -0.25) is 14.9 Å². The summed E-state index contributed by atoms with van der Waals surface area (Å²) >= 11 is 2.62. The number of benzene rings is 2. The number of nitro groups is 1. The third-order valence-corrected chi connectivity index (χ3v) is 6.10. The Balaban J connectivity index is 1.37. The molecule has 1 amide bonds. The van der Waals surface area contributed by atoms with Gasteiger partial charge in [0.2, 0.25) is 5.91 Å². The Morgan fingerprint density at radius 3 is 2.58 bits per heavy atom. The number of thiazole rings is 1. The molecule has 0 saturated carbocycles. The first-order valence-electron chi connectivity index (χ1n) is 9.09. The smallest absolute Gasteiger partial charge is 0.269 e. The number of carbonyl (C=O) groups excluding carboxylic acids is 1. The monoisotopic (exact) mass is 452 g/mol. The van der Waals surface area contributed by atoms with Crippen LogP contribution < -0.4 is 5.32 Å². The molecule has 0 radical (unpaired) electrons. The molecule has 0 fully saturated rings. The average Bonchev–Trinajstić information content (AvgIpc) is 3.39. The Morgan fingerprint density at radius 2 is 1.87 bits per heavy atom. The minimum atomic E-state index is -0.453. The third kappa shape index (κ3) is 4.78. The fraction of sp³-hybridized carbons (Fsp3) is 0.100. The average molecular weight is 453 g/mol. The molecule has 2 aromatic carbocycles. The molecule has 9 nitrogen and oxygen atoms in total. The quantitative estimate of drug-likeness (QED) is 0.253. The summed E-state index contributed by atoms with van der Waals surface area (Å²) in [5.41, 5.74) is 2.52. The number of nitrogens with one attached hydrogen (secondary N) is 1. The lowest BCUT2D eigenvalue weighted by atomic mass is 10.2. The number of hydrogen-bond acceptors (Lipinski definition) is 8. The van der Waals surface area contributed by atoms with Crippen molar-refractivity contribution in [2.24, 2.45) is 7.05 Å². The fourth-order valence-electron chi connectivity index (χ4n) is 2.78. The summed E-state index contributed by atoms with van der Waals surface area (Å²) < 4.78 is 1.75. The van der Waals surface area contributed by atoms with Crippen molar-refractivity contribution < 1.29 is 9.72 Å². The highest BCUT2D eigenvalue weighted by molar-refractivity contribution is 7.99. The largest absolute Gasteiger partial charge is 0.305 e. The summed E-state index contributed by atoms with van der Waals surface area (Å²) in [7, 11) is 1.78. The number of nitrogens with zero attached hydrogens (tertiary/aromatic N) is 5. The van der Waals surface area contributed by atoms with Crippen LogP contribution in [0.1, 0.15) is 0 Å². The molecule has 0 saturated heterocycles. The van der Waals surface area contributed by atoms with Gasteiger partial charge in [-0.1, -0.05) is 42.1 Å². The van der Waals surface area contributed by atoms with Crippen LogP contribution in [0.3, 0.4) is 0 Å².